The van der Waals surface area contributed by atoms with E-state index < -0.39 is 10.0 Å². The highest BCUT2D eigenvalue weighted by Gasteiger charge is 2.30. The van der Waals surface area contributed by atoms with Gasteiger partial charge in [-0.3, -0.25) is 4.79 Å². The van der Waals surface area contributed by atoms with Crippen molar-refractivity contribution in [3.8, 4) is 5.75 Å². The van der Waals surface area contributed by atoms with Crippen molar-refractivity contribution in [2.45, 2.75) is 32.1 Å². The van der Waals surface area contributed by atoms with E-state index in [-0.39, 0.29) is 10.8 Å². The highest BCUT2D eigenvalue weighted by molar-refractivity contribution is 7.89. The zero-order chi connectivity index (χ0) is 21.0. The third kappa shape index (κ3) is 4.97. The predicted octanol–water partition coefficient (Wildman–Crippen LogP) is 2.78. The molecule has 3 rings (SSSR count). The Bertz CT molecular complexity index is 963. The standard InChI is InChI=1S/C22H28N2O4S/c1-4-28-20-7-9-21(10-8-20)29(26,27)24-13-11-23(12-14-24)22(25)16-19-6-5-17(2)18(3)15-19/h5-10,15H,4,11-14,16H2,1-3H3. The fourth-order valence-electron chi connectivity index (χ4n) is 3.40. The van der Waals surface area contributed by atoms with Crippen LogP contribution in [0.5, 0.6) is 5.75 Å². The molecule has 1 saturated heterocycles. The summed E-state index contributed by atoms with van der Waals surface area (Å²) in [4.78, 5) is 14.6. The number of sulfonamides is 1. The minimum atomic E-state index is -3.57. The highest BCUT2D eigenvalue weighted by atomic mass is 32.2. The van der Waals surface area contributed by atoms with Crippen molar-refractivity contribution in [2.75, 3.05) is 32.8 Å². The summed E-state index contributed by atoms with van der Waals surface area (Å²) in [6.45, 7) is 7.90. The van der Waals surface area contributed by atoms with E-state index in [9.17, 15) is 13.2 Å². The number of carbonyl (C=O) groups is 1. The van der Waals surface area contributed by atoms with Crippen molar-refractivity contribution in [1.29, 1.82) is 0 Å². The Morgan fingerprint density at radius 2 is 1.62 bits per heavy atom. The van der Waals surface area contributed by atoms with E-state index in [0.717, 1.165) is 5.56 Å². The zero-order valence-electron chi connectivity index (χ0n) is 17.2. The predicted molar refractivity (Wildman–Crippen MR) is 113 cm³/mol. The van der Waals surface area contributed by atoms with E-state index in [1.807, 2.05) is 39.0 Å². The van der Waals surface area contributed by atoms with Gasteiger partial charge in [-0.1, -0.05) is 18.2 Å². The van der Waals surface area contributed by atoms with E-state index in [2.05, 4.69) is 0 Å². The van der Waals surface area contributed by atoms with E-state index in [1.54, 1.807) is 29.2 Å². The SMILES string of the molecule is CCOc1ccc(S(=O)(=O)N2CCN(C(=O)Cc3ccc(C)c(C)c3)CC2)cc1. The van der Waals surface area contributed by atoms with E-state index in [4.69, 9.17) is 4.74 Å². The van der Waals surface area contributed by atoms with Crippen molar-refractivity contribution in [1.82, 2.24) is 9.21 Å². The molecule has 0 saturated carbocycles. The Hall–Kier alpha value is -2.38. The Morgan fingerprint density at radius 3 is 2.21 bits per heavy atom. The van der Waals surface area contributed by atoms with Crippen molar-refractivity contribution in [3.63, 3.8) is 0 Å². The molecule has 0 radical (unpaired) electrons. The van der Waals surface area contributed by atoms with Crippen molar-refractivity contribution in [3.05, 3.63) is 59.2 Å². The molecule has 0 aliphatic carbocycles. The van der Waals surface area contributed by atoms with Gasteiger partial charge in [0.25, 0.3) is 0 Å². The summed E-state index contributed by atoms with van der Waals surface area (Å²) in [5.74, 6) is 0.680. The molecule has 0 unspecified atom stereocenters. The highest BCUT2D eigenvalue weighted by Crippen LogP contribution is 2.21. The number of hydrogen-bond acceptors (Lipinski definition) is 4. The molecule has 1 amide bonds. The molecule has 156 valence electrons. The van der Waals surface area contributed by atoms with E-state index in [0.29, 0.717) is 45.0 Å². The van der Waals surface area contributed by atoms with Crippen molar-refractivity contribution in [2.24, 2.45) is 0 Å². The lowest BCUT2D eigenvalue weighted by atomic mass is 10.0. The second-order valence-electron chi connectivity index (χ2n) is 7.28. The van der Waals surface area contributed by atoms with Crippen LogP contribution in [-0.4, -0.2) is 56.3 Å². The Kier molecular flexibility index (Phi) is 6.59. The summed E-state index contributed by atoms with van der Waals surface area (Å²) in [7, 11) is -3.57. The molecule has 29 heavy (non-hydrogen) atoms. The maximum atomic E-state index is 12.9. The van der Waals surface area contributed by atoms with Crippen LogP contribution in [0.1, 0.15) is 23.6 Å². The number of ether oxygens (including phenoxy) is 1. The number of hydrogen-bond donors (Lipinski definition) is 0. The smallest absolute Gasteiger partial charge is 0.243 e. The molecule has 1 fully saturated rings. The molecule has 1 heterocycles. The van der Waals surface area contributed by atoms with Crippen molar-refractivity contribution >= 4 is 15.9 Å². The number of aryl methyl sites for hydroxylation is 2. The van der Waals surface area contributed by atoms with E-state index in [1.165, 1.54) is 15.4 Å². The molecule has 2 aromatic rings. The fourth-order valence-corrected chi connectivity index (χ4v) is 4.82. The van der Waals surface area contributed by atoms with Gasteiger partial charge >= 0.3 is 0 Å². The second kappa shape index (κ2) is 8.97. The lowest BCUT2D eigenvalue weighted by molar-refractivity contribution is -0.131. The lowest BCUT2D eigenvalue weighted by Crippen LogP contribution is -2.50. The first-order chi connectivity index (χ1) is 13.8. The quantitative estimate of drug-likeness (QED) is 0.726. The van der Waals surface area contributed by atoms with Crippen LogP contribution in [0.15, 0.2) is 47.4 Å². The zero-order valence-corrected chi connectivity index (χ0v) is 18.0. The topological polar surface area (TPSA) is 66.9 Å². The Balaban J connectivity index is 1.60. The number of piperazine rings is 1. The largest absolute Gasteiger partial charge is 0.494 e. The Labute approximate surface area is 173 Å². The second-order valence-corrected chi connectivity index (χ2v) is 9.22. The van der Waals surface area contributed by atoms with Crippen LogP contribution in [0, 0.1) is 13.8 Å². The molecular weight excluding hydrogens is 388 g/mol. The number of carbonyl (C=O) groups excluding carboxylic acids is 1. The van der Waals surface area contributed by atoms with Gasteiger partial charge in [0.05, 0.1) is 17.9 Å². The number of benzene rings is 2. The van der Waals surface area contributed by atoms with Crippen LogP contribution in [0.25, 0.3) is 0 Å². The van der Waals surface area contributed by atoms with Gasteiger partial charge in [0, 0.05) is 26.2 Å². The molecule has 1 aliphatic heterocycles. The lowest BCUT2D eigenvalue weighted by Gasteiger charge is -2.34. The maximum Gasteiger partial charge on any atom is 0.243 e. The number of rotatable bonds is 6. The van der Waals surface area contributed by atoms with Crippen LogP contribution in [0.4, 0.5) is 0 Å². The molecular formula is C22H28N2O4S. The van der Waals surface area contributed by atoms with Gasteiger partial charge in [0.15, 0.2) is 0 Å². The molecule has 0 N–H and O–H groups in total. The third-order valence-electron chi connectivity index (χ3n) is 5.29. The summed E-state index contributed by atoms with van der Waals surface area (Å²) in [6.07, 6.45) is 0.340. The Morgan fingerprint density at radius 1 is 0.966 bits per heavy atom. The van der Waals surface area contributed by atoms with Crippen LogP contribution in [0.3, 0.4) is 0 Å². The molecule has 0 spiro atoms. The average Bonchev–Trinajstić information content (AvgIpc) is 2.71. The molecule has 0 bridgehead atoms. The summed E-state index contributed by atoms with van der Waals surface area (Å²) < 4.78 is 32.6. The first kappa shape index (κ1) is 21.3. The fraction of sp³-hybridized carbons (Fsp3) is 0.409. The first-order valence-electron chi connectivity index (χ1n) is 9.88. The normalized spacial score (nSPS) is 15.3. The number of amides is 1. The van der Waals surface area contributed by atoms with Crippen LogP contribution in [0.2, 0.25) is 0 Å². The maximum absolute atomic E-state index is 12.9. The van der Waals surface area contributed by atoms with Crippen LogP contribution < -0.4 is 4.74 Å². The monoisotopic (exact) mass is 416 g/mol. The van der Waals surface area contributed by atoms with Gasteiger partial charge in [0.2, 0.25) is 15.9 Å². The van der Waals surface area contributed by atoms with Gasteiger partial charge in [-0.25, -0.2) is 8.42 Å². The third-order valence-corrected chi connectivity index (χ3v) is 7.20. The molecule has 1 aliphatic rings. The van der Waals surface area contributed by atoms with Crippen LogP contribution in [-0.2, 0) is 21.2 Å². The minimum absolute atomic E-state index is 0.0337. The number of nitrogens with zero attached hydrogens (tertiary/aromatic N) is 2. The average molecular weight is 417 g/mol. The van der Waals surface area contributed by atoms with Gasteiger partial charge in [0.1, 0.15) is 5.75 Å². The van der Waals surface area contributed by atoms with Gasteiger partial charge in [-0.05, 0) is 61.7 Å². The molecule has 6 nitrogen and oxygen atoms in total. The summed E-state index contributed by atoms with van der Waals surface area (Å²) in [5, 5.41) is 0. The summed E-state index contributed by atoms with van der Waals surface area (Å²) >= 11 is 0. The van der Waals surface area contributed by atoms with Crippen molar-refractivity contribution < 1.29 is 17.9 Å². The molecule has 2 aromatic carbocycles. The molecule has 0 aromatic heterocycles. The molecule has 7 heteroatoms. The first-order valence-corrected chi connectivity index (χ1v) is 11.3. The van der Waals surface area contributed by atoms with Gasteiger partial charge in [-0.2, -0.15) is 4.31 Å². The summed E-state index contributed by atoms with van der Waals surface area (Å²) in [5.41, 5.74) is 3.36. The van der Waals surface area contributed by atoms with E-state index >= 15 is 0 Å². The minimum Gasteiger partial charge on any atom is -0.494 e. The molecule has 0 atom stereocenters. The van der Waals surface area contributed by atoms with Gasteiger partial charge in [-0.15, -0.1) is 0 Å². The van der Waals surface area contributed by atoms with Gasteiger partial charge < -0.3 is 9.64 Å². The summed E-state index contributed by atoms with van der Waals surface area (Å²) in [6, 6.07) is 12.5. The van der Waals surface area contributed by atoms with Crippen LogP contribution >= 0.6 is 0 Å².